The highest BCUT2D eigenvalue weighted by molar-refractivity contribution is 9.10. The minimum atomic E-state index is -0.439. The molecule has 0 aliphatic carbocycles. The lowest BCUT2D eigenvalue weighted by molar-refractivity contribution is -0.144. The van der Waals surface area contributed by atoms with Gasteiger partial charge in [0.25, 0.3) is 0 Å². The molecule has 0 saturated heterocycles. The minimum Gasteiger partial charge on any atom is -0.487 e. The predicted octanol–water partition coefficient (Wildman–Crippen LogP) is 4.35. The van der Waals surface area contributed by atoms with Crippen molar-refractivity contribution in [3.8, 4) is 5.75 Å². The molecule has 1 unspecified atom stereocenters. The van der Waals surface area contributed by atoms with E-state index in [4.69, 9.17) is 9.47 Å². The van der Waals surface area contributed by atoms with Gasteiger partial charge in [-0.2, -0.15) is 0 Å². The van der Waals surface area contributed by atoms with Gasteiger partial charge in [-0.3, -0.25) is 4.79 Å². The highest BCUT2D eigenvalue weighted by Gasteiger charge is 2.10. The van der Waals surface area contributed by atoms with Gasteiger partial charge in [-0.1, -0.05) is 46.3 Å². The number of carbonyl (C=O) groups is 1. The highest BCUT2D eigenvalue weighted by Crippen LogP contribution is 2.29. The fourth-order valence-corrected chi connectivity index (χ4v) is 2.33. The average Bonchev–Trinajstić information content (AvgIpc) is 2.46. The van der Waals surface area contributed by atoms with Crippen molar-refractivity contribution < 1.29 is 14.3 Å². The predicted molar refractivity (Wildman–Crippen MR) is 89.8 cm³/mol. The Morgan fingerprint density at radius 2 is 1.95 bits per heavy atom. The molecular formula is C17H18BrNO3. The maximum Gasteiger partial charge on any atom is 0.304 e. The Bertz CT molecular complexity index is 631. The van der Waals surface area contributed by atoms with Crippen LogP contribution in [0.4, 0.5) is 5.69 Å². The zero-order valence-electron chi connectivity index (χ0n) is 12.5. The van der Waals surface area contributed by atoms with E-state index in [0.29, 0.717) is 12.4 Å². The summed E-state index contributed by atoms with van der Waals surface area (Å²) in [5.74, 6) is 0.368. The molecule has 0 radical (unpaired) electrons. The van der Waals surface area contributed by atoms with Crippen LogP contribution in [0.1, 0.15) is 19.4 Å². The SMILES string of the molecule is CC(=O)OC(C)Nc1cc(Br)ccc1OCc1ccccc1. The van der Waals surface area contributed by atoms with Crippen LogP contribution in [-0.4, -0.2) is 12.2 Å². The Labute approximate surface area is 138 Å². The Kier molecular flexibility index (Phi) is 5.83. The number of rotatable bonds is 6. The van der Waals surface area contributed by atoms with Crippen molar-refractivity contribution in [3.05, 3.63) is 58.6 Å². The number of halogens is 1. The largest absolute Gasteiger partial charge is 0.487 e. The standard InChI is InChI=1S/C17H18BrNO3/c1-12(22-13(2)20)19-16-10-15(18)8-9-17(16)21-11-14-6-4-3-5-7-14/h3-10,12,19H,11H2,1-2H3. The quantitative estimate of drug-likeness (QED) is 0.612. The molecule has 0 aliphatic rings. The molecule has 2 rings (SSSR count). The molecule has 2 aromatic rings. The maximum atomic E-state index is 11.0. The van der Waals surface area contributed by atoms with Crippen LogP contribution in [0.5, 0.6) is 5.75 Å². The number of nitrogens with one attached hydrogen (secondary N) is 1. The molecule has 0 heterocycles. The number of hydrogen-bond donors (Lipinski definition) is 1. The summed E-state index contributed by atoms with van der Waals surface area (Å²) in [4.78, 5) is 11.0. The summed E-state index contributed by atoms with van der Waals surface area (Å²) >= 11 is 3.43. The third-order valence-corrected chi connectivity index (χ3v) is 3.37. The van der Waals surface area contributed by atoms with Gasteiger partial charge in [-0.05, 0) is 30.7 Å². The van der Waals surface area contributed by atoms with Crippen molar-refractivity contribution in [2.45, 2.75) is 26.7 Å². The zero-order chi connectivity index (χ0) is 15.9. The second-order valence-electron chi connectivity index (χ2n) is 4.81. The third-order valence-electron chi connectivity index (χ3n) is 2.88. The summed E-state index contributed by atoms with van der Waals surface area (Å²) in [6, 6.07) is 15.6. The molecule has 0 saturated carbocycles. The van der Waals surface area contributed by atoms with Gasteiger partial charge in [0, 0.05) is 11.4 Å². The molecule has 0 bridgehead atoms. The summed E-state index contributed by atoms with van der Waals surface area (Å²) in [6.45, 7) is 3.62. The second-order valence-corrected chi connectivity index (χ2v) is 5.73. The number of benzene rings is 2. The second kappa shape index (κ2) is 7.84. The minimum absolute atomic E-state index is 0.332. The summed E-state index contributed by atoms with van der Waals surface area (Å²) < 4.78 is 11.9. The molecule has 2 aromatic carbocycles. The monoisotopic (exact) mass is 363 g/mol. The van der Waals surface area contributed by atoms with Crippen LogP contribution in [0.25, 0.3) is 0 Å². The lowest BCUT2D eigenvalue weighted by Crippen LogP contribution is -2.22. The first-order valence-corrected chi connectivity index (χ1v) is 7.74. The van der Waals surface area contributed by atoms with E-state index in [9.17, 15) is 4.79 Å². The molecule has 5 heteroatoms. The smallest absolute Gasteiger partial charge is 0.304 e. The highest BCUT2D eigenvalue weighted by atomic mass is 79.9. The number of esters is 1. The molecule has 0 spiro atoms. The fourth-order valence-electron chi connectivity index (χ4n) is 1.97. The average molecular weight is 364 g/mol. The van der Waals surface area contributed by atoms with Gasteiger partial charge in [0.05, 0.1) is 5.69 Å². The lowest BCUT2D eigenvalue weighted by atomic mass is 10.2. The molecule has 1 N–H and O–H groups in total. The maximum absolute atomic E-state index is 11.0. The number of anilines is 1. The molecule has 4 nitrogen and oxygen atoms in total. The van der Waals surface area contributed by atoms with E-state index in [2.05, 4.69) is 21.2 Å². The zero-order valence-corrected chi connectivity index (χ0v) is 14.1. The fraction of sp³-hybridized carbons (Fsp3) is 0.235. The van der Waals surface area contributed by atoms with Crippen LogP contribution in [0.15, 0.2) is 53.0 Å². The number of carbonyl (C=O) groups excluding carboxylic acids is 1. The summed E-state index contributed by atoms with van der Waals surface area (Å²) in [7, 11) is 0. The number of hydrogen-bond acceptors (Lipinski definition) is 4. The summed E-state index contributed by atoms with van der Waals surface area (Å²) in [6.07, 6.45) is -0.439. The van der Waals surface area contributed by atoms with Crippen molar-refractivity contribution in [2.24, 2.45) is 0 Å². The van der Waals surface area contributed by atoms with E-state index in [1.807, 2.05) is 48.5 Å². The molecular weight excluding hydrogens is 346 g/mol. The normalized spacial score (nSPS) is 11.6. The molecule has 0 fully saturated rings. The van der Waals surface area contributed by atoms with Crippen molar-refractivity contribution in [2.75, 3.05) is 5.32 Å². The van der Waals surface area contributed by atoms with E-state index in [1.54, 1.807) is 6.92 Å². The Morgan fingerprint density at radius 1 is 1.23 bits per heavy atom. The van der Waals surface area contributed by atoms with Gasteiger partial charge in [0.1, 0.15) is 12.4 Å². The van der Waals surface area contributed by atoms with E-state index in [0.717, 1.165) is 15.7 Å². The first-order chi connectivity index (χ1) is 10.5. The van der Waals surface area contributed by atoms with Gasteiger partial charge >= 0.3 is 5.97 Å². The van der Waals surface area contributed by atoms with Crippen LogP contribution in [0, 0.1) is 0 Å². The van der Waals surface area contributed by atoms with Crippen LogP contribution in [0.2, 0.25) is 0 Å². The van der Waals surface area contributed by atoms with Gasteiger partial charge in [-0.15, -0.1) is 0 Å². The van der Waals surface area contributed by atoms with E-state index in [-0.39, 0.29) is 5.97 Å². The lowest BCUT2D eigenvalue weighted by Gasteiger charge is -2.18. The van der Waals surface area contributed by atoms with Gasteiger partial charge in [-0.25, -0.2) is 0 Å². The Balaban J connectivity index is 2.08. The van der Waals surface area contributed by atoms with Crippen molar-refractivity contribution in [3.63, 3.8) is 0 Å². The van der Waals surface area contributed by atoms with Gasteiger partial charge < -0.3 is 14.8 Å². The molecule has 0 aliphatic heterocycles. The van der Waals surface area contributed by atoms with Crippen molar-refractivity contribution >= 4 is 27.6 Å². The molecule has 22 heavy (non-hydrogen) atoms. The van der Waals surface area contributed by atoms with E-state index < -0.39 is 6.23 Å². The van der Waals surface area contributed by atoms with E-state index in [1.165, 1.54) is 6.92 Å². The van der Waals surface area contributed by atoms with Crippen LogP contribution in [0.3, 0.4) is 0 Å². The topological polar surface area (TPSA) is 47.6 Å². The van der Waals surface area contributed by atoms with Crippen LogP contribution >= 0.6 is 15.9 Å². The first-order valence-electron chi connectivity index (χ1n) is 6.94. The van der Waals surface area contributed by atoms with Gasteiger partial charge in [0.15, 0.2) is 6.23 Å². The van der Waals surface area contributed by atoms with Crippen LogP contribution < -0.4 is 10.1 Å². The van der Waals surface area contributed by atoms with E-state index >= 15 is 0 Å². The van der Waals surface area contributed by atoms with Crippen LogP contribution in [-0.2, 0) is 16.1 Å². The molecule has 1 atom stereocenters. The summed E-state index contributed by atoms with van der Waals surface area (Å²) in [5.41, 5.74) is 1.85. The van der Waals surface area contributed by atoms with Crippen molar-refractivity contribution in [1.82, 2.24) is 0 Å². The molecule has 116 valence electrons. The summed E-state index contributed by atoms with van der Waals surface area (Å²) in [5, 5.41) is 3.12. The van der Waals surface area contributed by atoms with Gasteiger partial charge in [0.2, 0.25) is 0 Å². The Hall–Kier alpha value is -2.01. The Morgan fingerprint density at radius 3 is 2.64 bits per heavy atom. The molecule has 0 aromatic heterocycles. The van der Waals surface area contributed by atoms with Crippen molar-refractivity contribution in [1.29, 1.82) is 0 Å². The first kappa shape index (κ1) is 16.4. The third kappa shape index (κ3) is 5.07. The molecule has 0 amide bonds. The number of ether oxygens (including phenoxy) is 2.